The molecular formula is C10H18N2OS. The van der Waals surface area contributed by atoms with Crippen molar-refractivity contribution in [1.82, 2.24) is 10.3 Å². The van der Waals surface area contributed by atoms with Crippen molar-refractivity contribution in [2.45, 2.75) is 39.3 Å². The average molecular weight is 214 g/mol. The highest BCUT2D eigenvalue weighted by Gasteiger charge is 2.19. The van der Waals surface area contributed by atoms with E-state index < -0.39 is 0 Å². The quantitative estimate of drug-likeness (QED) is 0.784. The highest BCUT2D eigenvalue weighted by Crippen LogP contribution is 2.12. The molecule has 1 unspecified atom stereocenters. The summed E-state index contributed by atoms with van der Waals surface area (Å²) in [5.41, 5.74) is 0.883. The largest absolute Gasteiger partial charge is 0.394 e. The Kier molecular flexibility index (Phi) is 4.04. The van der Waals surface area contributed by atoms with Crippen LogP contribution in [0.3, 0.4) is 0 Å². The number of hydrogen-bond acceptors (Lipinski definition) is 4. The minimum Gasteiger partial charge on any atom is -0.394 e. The van der Waals surface area contributed by atoms with Crippen molar-refractivity contribution in [2.75, 3.05) is 6.61 Å². The highest BCUT2D eigenvalue weighted by atomic mass is 32.1. The van der Waals surface area contributed by atoms with Crippen LogP contribution in [0.25, 0.3) is 0 Å². The molecule has 1 atom stereocenters. The Labute approximate surface area is 89.2 Å². The van der Waals surface area contributed by atoms with Crippen LogP contribution >= 0.6 is 11.3 Å². The van der Waals surface area contributed by atoms with E-state index >= 15 is 0 Å². The fourth-order valence-corrected chi connectivity index (χ4v) is 1.78. The average Bonchev–Trinajstić information content (AvgIpc) is 2.61. The maximum Gasteiger partial charge on any atom is 0.107 e. The topological polar surface area (TPSA) is 45.1 Å². The molecule has 0 bridgehead atoms. The van der Waals surface area contributed by atoms with Gasteiger partial charge in [0.1, 0.15) is 5.01 Å². The molecule has 0 aliphatic carbocycles. The number of aryl methyl sites for hydroxylation is 1. The van der Waals surface area contributed by atoms with Gasteiger partial charge in [0.05, 0.1) is 6.61 Å². The summed E-state index contributed by atoms with van der Waals surface area (Å²) >= 11 is 1.66. The van der Waals surface area contributed by atoms with Gasteiger partial charge < -0.3 is 10.4 Å². The van der Waals surface area contributed by atoms with Gasteiger partial charge in [-0.2, -0.15) is 0 Å². The first-order chi connectivity index (χ1) is 6.59. The van der Waals surface area contributed by atoms with Crippen molar-refractivity contribution in [2.24, 2.45) is 0 Å². The van der Waals surface area contributed by atoms with E-state index in [0.29, 0.717) is 0 Å². The second kappa shape index (κ2) is 4.87. The van der Waals surface area contributed by atoms with Crippen LogP contribution in [-0.4, -0.2) is 22.2 Å². The number of aliphatic hydroxyl groups is 1. The summed E-state index contributed by atoms with van der Waals surface area (Å²) in [7, 11) is 0. The summed E-state index contributed by atoms with van der Waals surface area (Å²) in [5, 5.41) is 15.6. The number of aromatic nitrogens is 1. The number of aliphatic hydroxyl groups excluding tert-OH is 1. The molecule has 80 valence electrons. The molecule has 1 rings (SSSR count). The van der Waals surface area contributed by atoms with Gasteiger partial charge in [0.2, 0.25) is 0 Å². The Morgan fingerprint density at radius 2 is 2.36 bits per heavy atom. The molecule has 0 aromatic carbocycles. The molecule has 2 N–H and O–H groups in total. The molecule has 1 heterocycles. The second-order valence-electron chi connectivity index (χ2n) is 3.81. The number of nitrogens with zero attached hydrogens (tertiary/aromatic N) is 1. The summed E-state index contributed by atoms with van der Waals surface area (Å²) in [6, 6.07) is 0. The summed E-state index contributed by atoms with van der Waals surface area (Å²) in [4.78, 5) is 4.36. The van der Waals surface area contributed by atoms with Gasteiger partial charge in [-0.15, -0.1) is 11.3 Å². The third-order valence-electron chi connectivity index (χ3n) is 2.46. The third kappa shape index (κ3) is 3.04. The minimum absolute atomic E-state index is 0.161. The molecule has 0 spiro atoms. The summed E-state index contributed by atoms with van der Waals surface area (Å²) in [6.07, 6.45) is 0.911. The molecule has 0 fully saturated rings. The lowest BCUT2D eigenvalue weighted by molar-refractivity contribution is 0.169. The smallest absolute Gasteiger partial charge is 0.107 e. The molecule has 0 radical (unpaired) electrons. The van der Waals surface area contributed by atoms with E-state index in [1.54, 1.807) is 11.3 Å². The van der Waals surface area contributed by atoms with Crippen LogP contribution in [0.1, 0.15) is 31.0 Å². The number of nitrogens with one attached hydrogen (secondary N) is 1. The van der Waals surface area contributed by atoms with Crippen LogP contribution in [0.4, 0.5) is 0 Å². The maximum atomic E-state index is 9.19. The van der Waals surface area contributed by atoms with Crippen LogP contribution in [-0.2, 0) is 6.54 Å². The first-order valence-corrected chi connectivity index (χ1v) is 5.74. The Morgan fingerprint density at radius 1 is 1.64 bits per heavy atom. The Bertz CT molecular complexity index is 281. The minimum atomic E-state index is -0.181. The predicted octanol–water partition coefficient (Wildman–Crippen LogP) is 1.70. The van der Waals surface area contributed by atoms with E-state index in [1.807, 2.05) is 19.2 Å². The molecular weight excluding hydrogens is 196 g/mol. The molecule has 4 heteroatoms. The lowest BCUT2D eigenvalue weighted by Gasteiger charge is -2.26. The van der Waals surface area contributed by atoms with Crippen LogP contribution in [0.5, 0.6) is 0 Å². The van der Waals surface area contributed by atoms with Crippen molar-refractivity contribution in [3.8, 4) is 0 Å². The normalized spacial score (nSPS) is 15.4. The van der Waals surface area contributed by atoms with Gasteiger partial charge in [0, 0.05) is 23.2 Å². The van der Waals surface area contributed by atoms with E-state index in [2.05, 4.69) is 17.2 Å². The van der Waals surface area contributed by atoms with Crippen LogP contribution in [0.2, 0.25) is 0 Å². The highest BCUT2D eigenvalue weighted by molar-refractivity contribution is 7.09. The van der Waals surface area contributed by atoms with Crippen molar-refractivity contribution in [3.05, 3.63) is 16.1 Å². The Balaban J connectivity index is 2.47. The Morgan fingerprint density at radius 3 is 2.79 bits per heavy atom. The monoisotopic (exact) mass is 214 g/mol. The van der Waals surface area contributed by atoms with Gasteiger partial charge in [-0.1, -0.05) is 6.92 Å². The van der Waals surface area contributed by atoms with Crippen LogP contribution in [0, 0.1) is 6.92 Å². The molecule has 3 nitrogen and oxygen atoms in total. The van der Waals surface area contributed by atoms with Gasteiger partial charge in [-0.05, 0) is 20.3 Å². The molecule has 14 heavy (non-hydrogen) atoms. The molecule has 1 aromatic heterocycles. The van der Waals surface area contributed by atoms with Gasteiger partial charge in [-0.25, -0.2) is 4.98 Å². The maximum absolute atomic E-state index is 9.19. The number of hydrogen-bond donors (Lipinski definition) is 2. The molecule has 0 aliphatic heterocycles. The predicted molar refractivity (Wildman–Crippen MR) is 59.5 cm³/mol. The van der Waals surface area contributed by atoms with E-state index in [4.69, 9.17) is 0 Å². The Hall–Kier alpha value is -0.450. The molecule has 0 aliphatic rings. The zero-order valence-electron chi connectivity index (χ0n) is 9.00. The zero-order chi connectivity index (χ0) is 10.6. The van der Waals surface area contributed by atoms with Gasteiger partial charge in [-0.3, -0.25) is 0 Å². The van der Waals surface area contributed by atoms with Gasteiger partial charge in [0.25, 0.3) is 0 Å². The molecule has 0 saturated carbocycles. The van der Waals surface area contributed by atoms with Crippen LogP contribution in [0.15, 0.2) is 5.38 Å². The lowest BCUT2D eigenvalue weighted by atomic mass is 10.0. The first kappa shape index (κ1) is 11.6. The zero-order valence-corrected chi connectivity index (χ0v) is 9.82. The third-order valence-corrected chi connectivity index (χ3v) is 3.43. The van der Waals surface area contributed by atoms with E-state index in [9.17, 15) is 5.11 Å². The van der Waals surface area contributed by atoms with E-state index in [0.717, 1.165) is 23.7 Å². The summed E-state index contributed by atoms with van der Waals surface area (Å²) < 4.78 is 0. The van der Waals surface area contributed by atoms with Crippen molar-refractivity contribution in [1.29, 1.82) is 0 Å². The number of thiazole rings is 1. The second-order valence-corrected chi connectivity index (χ2v) is 4.75. The van der Waals surface area contributed by atoms with Crippen LogP contribution < -0.4 is 5.32 Å². The van der Waals surface area contributed by atoms with E-state index in [-0.39, 0.29) is 12.1 Å². The lowest BCUT2D eigenvalue weighted by Crippen LogP contribution is -2.44. The fraction of sp³-hybridized carbons (Fsp3) is 0.700. The summed E-state index contributed by atoms with van der Waals surface area (Å²) in [5.74, 6) is 0. The fourth-order valence-electron chi connectivity index (χ4n) is 1.07. The van der Waals surface area contributed by atoms with Crippen molar-refractivity contribution in [3.63, 3.8) is 0 Å². The molecule has 0 saturated heterocycles. The first-order valence-electron chi connectivity index (χ1n) is 4.86. The summed E-state index contributed by atoms with van der Waals surface area (Å²) in [6.45, 7) is 6.98. The van der Waals surface area contributed by atoms with Crippen molar-refractivity contribution >= 4 is 11.3 Å². The molecule has 1 aromatic rings. The molecule has 0 amide bonds. The van der Waals surface area contributed by atoms with Gasteiger partial charge >= 0.3 is 0 Å². The number of rotatable bonds is 5. The SMILES string of the molecule is CCC(C)(CO)NCc1nc(C)cs1. The standard InChI is InChI=1S/C10H18N2OS/c1-4-10(3,7-13)11-5-9-12-8(2)6-14-9/h6,11,13H,4-5,7H2,1-3H3. The van der Waals surface area contributed by atoms with Gasteiger partial charge in [0.15, 0.2) is 0 Å². The van der Waals surface area contributed by atoms with Crippen molar-refractivity contribution < 1.29 is 5.11 Å². The van der Waals surface area contributed by atoms with E-state index in [1.165, 1.54) is 0 Å².